The number of aromatic nitrogens is 2. The van der Waals surface area contributed by atoms with Crippen molar-refractivity contribution in [2.24, 2.45) is 0 Å². The SMILES string of the molecule is Oc1ccc2cc(-c3cncnc3)ccc2c1. The van der Waals surface area contributed by atoms with Crippen LogP contribution < -0.4 is 0 Å². The fourth-order valence-corrected chi connectivity index (χ4v) is 1.86. The second-order valence-electron chi connectivity index (χ2n) is 3.87. The highest BCUT2D eigenvalue weighted by atomic mass is 16.3. The van der Waals surface area contributed by atoms with Gasteiger partial charge >= 0.3 is 0 Å². The number of rotatable bonds is 1. The highest BCUT2D eigenvalue weighted by molar-refractivity contribution is 5.88. The van der Waals surface area contributed by atoms with Gasteiger partial charge in [-0.15, -0.1) is 0 Å². The van der Waals surface area contributed by atoms with Crippen molar-refractivity contribution in [3.8, 4) is 16.9 Å². The van der Waals surface area contributed by atoms with E-state index in [0.29, 0.717) is 0 Å². The summed E-state index contributed by atoms with van der Waals surface area (Å²) in [5.74, 6) is 0.285. The van der Waals surface area contributed by atoms with Crippen LogP contribution in [0.3, 0.4) is 0 Å². The van der Waals surface area contributed by atoms with E-state index in [9.17, 15) is 5.11 Å². The summed E-state index contributed by atoms with van der Waals surface area (Å²) in [5.41, 5.74) is 2.06. The molecule has 2 aromatic carbocycles. The van der Waals surface area contributed by atoms with Gasteiger partial charge in [0.05, 0.1) is 0 Å². The van der Waals surface area contributed by atoms with Crippen LogP contribution in [0, 0.1) is 0 Å². The van der Waals surface area contributed by atoms with Gasteiger partial charge < -0.3 is 5.11 Å². The minimum atomic E-state index is 0.285. The van der Waals surface area contributed by atoms with Crippen LogP contribution in [0.4, 0.5) is 0 Å². The molecule has 0 bridgehead atoms. The van der Waals surface area contributed by atoms with E-state index in [2.05, 4.69) is 16.0 Å². The number of hydrogen-bond donors (Lipinski definition) is 1. The molecule has 1 N–H and O–H groups in total. The van der Waals surface area contributed by atoms with Crippen molar-refractivity contribution in [3.63, 3.8) is 0 Å². The quantitative estimate of drug-likeness (QED) is 0.688. The Morgan fingerprint density at radius 2 is 1.47 bits per heavy atom. The molecule has 1 heterocycles. The van der Waals surface area contributed by atoms with Crippen molar-refractivity contribution in [1.82, 2.24) is 9.97 Å². The zero-order chi connectivity index (χ0) is 11.7. The van der Waals surface area contributed by atoms with Gasteiger partial charge in [0, 0.05) is 18.0 Å². The average molecular weight is 222 g/mol. The van der Waals surface area contributed by atoms with Gasteiger partial charge in [-0.1, -0.05) is 18.2 Å². The monoisotopic (exact) mass is 222 g/mol. The first-order chi connectivity index (χ1) is 8.33. The number of aromatic hydroxyl groups is 1. The summed E-state index contributed by atoms with van der Waals surface area (Å²) < 4.78 is 0. The predicted molar refractivity (Wildman–Crippen MR) is 66.6 cm³/mol. The zero-order valence-corrected chi connectivity index (χ0v) is 9.04. The smallest absolute Gasteiger partial charge is 0.116 e. The fraction of sp³-hybridized carbons (Fsp3) is 0. The Bertz CT molecular complexity index is 665. The Morgan fingerprint density at radius 1 is 0.765 bits per heavy atom. The van der Waals surface area contributed by atoms with Gasteiger partial charge in [-0.25, -0.2) is 9.97 Å². The summed E-state index contributed by atoms with van der Waals surface area (Å²) in [6.45, 7) is 0. The molecular weight excluding hydrogens is 212 g/mol. The number of nitrogens with zero attached hydrogens (tertiary/aromatic N) is 2. The predicted octanol–water partition coefficient (Wildman–Crippen LogP) is 3.00. The third kappa shape index (κ3) is 1.83. The van der Waals surface area contributed by atoms with Crippen molar-refractivity contribution in [1.29, 1.82) is 0 Å². The molecule has 3 nitrogen and oxygen atoms in total. The molecule has 3 aromatic rings. The molecule has 0 saturated carbocycles. The van der Waals surface area contributed by atoms with E-state index in [1.165, 1.54) is 6.33 Å². The van der Waals surface area contributed by atoms with Gasteiger partial charge in [-0.3, -0.25) is 0 Å². The normalized spacial score (nSPS) is 10.6. The highest BCUT2D eigenvalue weighted by Gasteiger charge is 2.00. The van der Waals surface area contributed by atoms with Crippen molar-refractivity contribution < 1.29 is 5.11 Å². The van der Waals surface area contributed by atoms with Gasteiger partial charge in [0.25, 0.3) is 0 Å². The first-order valence-electron chi connectivity index (χ1n) is 5.31. The molecule has 0 spiro atoms. The first kappa shape index (κ1) is 9.78. The lowest BCUT2D eigenvalue weighted by atomic mass is 10.0. The zero-order valence-electron chi connectivity index (χ0n) is 9.04. The molecular formula is C14H10N2O. The Hall–Kier alpha value is -2.42. The van der Waals surface area contributed by atoms with Crippen LogP contribution in [0.15, 0.2) is 55.1 Å². The van der Waals surface area contributed by atoms with Crippen LogP contribution >= 0.6 is 0 Å². The molecule has 3 heteroatoms. The molecule has 3 rings (SSSR count). The van der Waals surface area contributed by atoms with Crippen molar-refractivity contribution in [2.45, 2.75) is 0 Å². The van der Waals surface area contributed by atoms with E-state index in [0.717, 1.165) is 21.9 Å². The van der Waals surface area contributed by atoms with Gasteiger partial charge in [0.1, 0.15) is 12.1 Å². The maximum Gasteiger partial charge on any atom is 0.116 e. The lowest BCUT2D eigenvalue weighted by molar-refractivity contribution is 0.476. The van der Waals surface area contributed by atoms with Gasteiger partial charge in [0.2, 0.25) is 0 Å². The summed E-state index contributed by atoms with van der Waals surface area (Å²) in [6.07, 6.45) is 5.09. The first-order valence-corrected chi connectivity index (χ1v) is 5.31. The van der Waals surface area contributed by atoms with Gasteiger partial charge in [0.15, 0.2) is 0 Å². The minimum Gasteiger partial charge on any atom is -0.508 e. The molecule has 0 amide bonds. The molecule has 0 aliphatic carbocycles. The number of fused-ring (bicyclic) bond motifs is 1. The largest absolute Gasteiger partial charge is 0.508 e. The number of phenols is 1. The lowest BCUT2D eigenvalue weighted by Crippen LogP contribution is -1.82. The van der Waals surface area contributed by atoms with Crippen molar-refractivity contribution in [2.75, 3.05) is 0 Å². The Kier molecular flexibility index (Phi) is 2.22. The van der Waals surface area contributed by atoms with Crippen LogP contribution in [-0.4, -0.2) is 15.1 Å². The standard InChI is InChI=1S/C14H10N2O/c17-14-4-3-10-5-11(1-2-12(10)6-14)13-7-15-9-16-8-13/h1-9,17H. The topological polar surface area (TPSA) is 46.0 Å². The van der Waals surface area contributed by atoms with E-state index < -0.39 is 0 Å². The molecule has 1 aromatic heterocycles. The van der Waals surface area contributed by atoms with E-state index in [-0.39, 0.29) is 5.75 Å². The Labute approximate surface area is 98.4 Å². The van der Waals surface area contributed by atoms with E-state index in [1.807, 2.05) is 18.2 Å². The number of benzene rings is 2. The minimum absolute atomic E-state index is 0.285. The van der Waals surface area contributed by atoms with Crippen molar-refractivity contribution >= 4 is 10.8 Å². The van der Waals surface area contributed by atoms with Crippen LogP contribution in [0.5, 0.6) is 5.75 Å². The molecule has 0 fully saturated rings. The molecule has 0 aliphatic heterocycles. The fourth-order valence-electron chi connectivity index (χ4n) is 1.86. The third-order valence-corrected chi connectivity index (χ3v) is 2.72. The lowest BCUT2D eigenvalue weighted by Gasteiger charge is -2.03. The van der Waals surface area contributed by atoms with Gasteiger partial charge in [-0.05, 0) is 34.5 Å². The summed E-state index contributed by atoms with van der Waals surface area (Å²) >= 11 is 0. The van der Waals surface area contributed by atoms with Crippen LogP contribution in [0.1, 0.15) is 0 Å². The summed E-state index contributed by atoms with van der Waals surface area (Å²) in [4.78, 5) is 8.01. The molecule has 0 unspecified atom stereocenters. The van der Waals surface area contributed by atoms with Crippen LogP contribution in [0.25, 0.3) is 21.9 Å². The van der Waals surface area contributed by atoms with Crippen molar-refractivity contribution in [3.05, 3.63) is 55.1 Å². The van der Waals surface area contributed by atoms with E-state index in [4.69, 9.17) is 0 Å². The summed E-state index contributed by atoms with van der Waals surface area (Å²) in [7, 11) is 0. The molecule has 0 aliphatic rings. The number of hydrogen-bond acceptors (Lipinski definition) is 3. The number of phenolic OH excluding ortho intramolecular Hbond substituents is 1. The second-order valence-corrected chi connectivity index (χ2v) is 3.87. The van der Waals surface area contributed by atoms with Crippen LogP contribution in [-0.2, 0) is 0 Å². The molecule has 82 valence electrons. The maximum atomic E-state index is 9.40. The maximum absolute atomic E-state index is 9.40. The van der Waals surface area contributed by atoms with E-state index in [1.54, 1.807) is 24.5 Å². The molecule has 0 saturated heterocycles. The highest BCUT2D eigenvalue weighted by Crippen LogP contribution is 2.25. The van der Waals surface area contributed by atoms with Gasteiger partial charge in [-0.2, -0.15) is 0 Å². The molecule has 17 heavy (non-hydrogen) atoms. The summed E-state index contributed by atoms with van der Waals surface area (Å²) in [5, 5.41) is 11.5. The molecule has 0 radical (unpaired) electrons. The Morgan fingerprint density at radius 3 is 2.29 bits per heavy atom. The average Bonchev–Trinajstić information content (AvgIpc) is 2.39. The molecule has 0 atom stereocenters. The third-order valence-electron chi connectivity index (χ3n) is 2.72. The summed E-state index contributed by atoms with van der Waals surface area (Å²) in [6, 6.07) is 11.4. The van der Waals surface area contributed by atoms with Crippen LogP contribution in [0.2, 0.25) is 0 Å². The van der Waals surface area contributed by atoms with E-state index >= 15 is 0 Å². The second kappa shape index (κ2) is 3.87. The Balaban J connectivity index is 2.17.